The van der Waals surface area contributed by atoms with Crippen LogP contribution in [0.15, 0.2) is 40.7 Å². The van der Waals surface area contributed by atoms with Crippen molar-refractivity contribution in [2.75, 3.05) is 13.3 Å². The zero-order valence-corrected chi connectivity index (χ0v) is 16.3. The molecule has 0 bridgehead atoms. The van der Waals surface area contributed by atoms with Crippen molar-refractivity contribution < 1.29 is 18.3 Å². The Bertz CT molecular complexity index is 1140. The first-order chi connectivity index (χ1) is 14.0. The third-order valence-electron chi connectivity index (χ3n) is 4.70. The highest BCUT2D eigenvalue weighted by Gasteiger charge is 2.18. The van der Waals surface area contributed by atoms with Gasteiger partial charge in [0.2, 0.25) is 6.79 Å². The maximum Gasteiger partial charge on any atom is 0.343 e. The van der Waals surface area contributed by atoms with E-state index in [0.717, 1.165) is 20.9 Å². The molecule has 0 unspecified atom stereocenters. The van der Waals surface area contributed by atoms with Gasteiger partial charge in [0.15, 0.2) is 11.5 Å². The fourth-order valence-electron chi connectivity index (χ4n) is 3.07. The Morgan fingerprint density at radius 2 is 2.10 bits per heavy atom. The quantitative estimate of drug-likeness (QED) is 0.639. The smallest absolute Gasteiger partial charge is 0.343 e. The number of rotatable bonds is 6. The molecule has 152 valence electrons. The van der Waals surface area contributed by atoms with E-state index in [1.54, 1.807) is 0 Å². The van der Waals surface area contributed by atoms with Gasteiger partial charge in [-0.2, -0.15) is 13.9 Å². The molecule has 4 rings (SSSR count). The van der Waals surface area contributed by atoms with Crippen molar-refractivity contribution in [1.29, 1.82) is 0 Å². The summed E-state index contributed by atoms with van der Waals surface area (Å²) in [6, 6.07) is 7.74. The molecule has 3 aromatic rings. The average molecular weight is 420 g/mol. The highest BCUT2D eigenvalue weighted by atomic mass is 32.1. The van der Waals surface area contributed by atoms with E-state index in [2.05, 4.69) is 10.2 Å². The Hall–Kier alpha value is -2.98. The van der Waals surface area contributed by atoms with Gasteiger partial charge in [-0.1, -0.05) is 0 Å². The number of nitrogens with two attached hydrogens (primary N) is 1. The van der Waals surface area contributed by atoms with Crippen LogP contribution in [-0.4, -0.2) is 28.1 Å². The van der Waals surface area contributed by atoms with Crippen molar-refractivity contribution in [1.82, 2.24) is 14.8 Å². The van der Waals surface area contributed by atoms with Crippen LogP contribution in [0.25, 0.3) is 10.4 Å². The largest absolute Gasteiger partial charge is 0.454 e. The molecule has 0 fully saturated rings. The van der Waals surface area contributed by atoms with Gasteiger partial charge >= 0.3 is 5.69 Å². The average Bonchev–Trinajstić information content (AvgIpc) is 3.40. The Labute approximate surface area is 168 Å². The predicted octanol–water partition coefficient (Wildman–Crippen LogP) is 3.04. The molecule has 0 saturated carbocycles. The van der Waals surface area contributed by atoms with Crippen LogP contribution in [0.1, 0.15) is 16.3 Å². The van der Waals surface area contributed by atoms with Crippen LogP contribution in [0.5, 0.6) is 11.5 Å². The lowest BCUT2D eigenvalue weighted by Crippen LogP contribution is -2.20. The molecule has 0 aliphatic carbocycles. The number of H-pyrrole nitrogens is 1. The van der Waals surface area contributed by atoms with Gasteiger partial charge in [0.25, 0.3) is 6.08 Å². The molecule has 10 heteroatoms. The minimum absolute atomic E-state index is 0.184. The predicted molar refractivity (Wildman–Crippen MR) is 105 cm³/mol. The number of ether oxygens (including phenoxy) is 2. The number of nitrogens with zero attached hydrogens (tertiary/aromatic N) is 2. The molecular weight excluding hydrogens is 402 g/mol. The number of fused-ring (bicyclic) bond motifs is 1. The van der Waals surface area contributed by atoms with Gasteiger partial charge < -0.3 is 15.2 Å². The molecule has 0 spiro atoms. The summed E-state index contributed by atoms with van der Waals surface area (Å²) in [6.45, 7) is 2.09. The summed E-state index contributed by atoms with van der Waals surface area (Å²) in [5, 5.41) is 6.23. The summed E-state index contributed by atoms with van der Waals surface area (Å²) in [6.07, 6.45) is -2.02. The number of nitrogens with one attached hydrogen (secondary N) is 1. The van der Waals surface area contributed by atoms with E-state index in [-0.39, 0.29) is 37.7 Å². The summed E-state index contributed by atoms with van der Waals surface area (Å²) in [4.78, 5) is 14.1. The summed E-state index contributed by atoms with van der Waals surface area (Å²) < 4.78 is 38.0. The van der Waals surface area contributed by atoms with E-state index in [0.29, 0.717) is 11.5 Å². The number of halogens is 2. The SMILES string of the molecule is Cc1cc(-c2ccc3c(c2)OCO3)sc1Cn1c(CC(CN)=C(F)F)n[nH]c1=O. The Morgan fingerprint density at radius 3 is 2.86 bits per heavy atom. The fraction of sp³-hybridized carbons (Fsp3) is 0.263. The van der Waals surface area contributed by atoms with E-state index in [4.69, 9.17) is 15.2 Å². The van der Waals surface area contributed by atoms with Crippen molar-refractivity contribution in [3.05, 3.63) is 62.7 Å². The Morgan fingerprint density at radius 1 is 1.31 bits per heavy atom. The van der Waals surface area contributed by atoms with Crippen molar-refractivity contribution in [2.45, 2.75) is 19.9 Å². The number of aromatic nitrogens is 3. The van der Waals surface area contributed by atoms with Crippen LogP contribution in [0, 0.1) is 6.92 Å². The molecule has 0 atom stereocenters. The number of thiophene rings is 1. The van der Waals surface area contributed by atoms with Gasteiger partial charge in [0.05, 0.1) is 6.54 Å². The molecule has 1 aliphatic heterocycles. The zero-order chi connectivity index (χ0) is 20.5. The van der Waals surface area contributed by atoms with Crippen molar-refractivity contribution in [3.63, 3.8) is 0 Å². The Kier molecular flexibility index (Phi) is 5.20. The minimum Gasteiger partial charge on any atom is -0.454 e. The minimum atomic E-state index is -1.84. The molecule has 3 N–H and O–H groups in total. The number of aromatic amines is 1. The summed E-state index contributed by atoms with van der Waals surface area (Å²) in [7, 11) is 0. The topological polar surface area (TPSA) is 95.2 Å². The number of benzene rings is 1. The molecular formula is C19H18F2N4O3S. The lowest BCUT2D eigenvalue weighted by Gasteiger charge is -2.06. The van der Waals surface area contributed by atoms with Crippen LogP contribution in [0.2, 0.25) is 0 Å². The standard InChI is InChI=1S/C19H18F2N4O3S/c1-10-4-15(11-2-3-13-14(5-11)28-9-27-13)29-16(10)8-25-17(23-24-19(25)26)6-12(7-22)18(20)21/h2-5H,6-9,22H2,1H3,(H,24,26). The van der Waals surface area contributed by atoms with E-state index in [9.17, 15) is 13.6 Å². The number of aryl methyl sites for hydroxylation is 1. The maximum absolute atomic E-state index is 13.0. The second-order valence-electron chi connectivity index (χ2n) is 6.56. The van der Waals surface area contributed by atoms with Crippen LogP contribution < -0.4 is 20.9 Å². The lowest BCUT2D eigenvalue weighted by atomic mass is 10.1. The first-order valence-electron chi connectivity index (χ1n) is 8.82. The highest BCUT2D eigenvalue weighted by Crippen LogP contribution is 2.39. The first kappa shape index (κ1) is 19.3. The fourth-order valence-corrected chi connectivity index (χ4v) is 4.23. The van der Waals surface area contributed by atoms with Crippen LogP contribution in [0.4, 0.5) is 8.78 Å². The van der Waals surface area contributed by atoms with Gasteiger partial charge in [-0.15, -0.1) is 11.3 Å². The third-order valence-corrected chi connectivity index (χ3v) is 5.97. The second kappa shape index (κ2) is 7.80. The van der Waals surface area contributed by atoms with Crippen molar-refractivity contribution >= 4 is 11.3 Å². The normalized spacial score (nSPS) is 12.4. The van der Waals surface area contributed by atoms with Crippen LogP contribution >= 0.6 is 11.3 Å². The van der Waals surface area contributed by atoms with Gasteiger partial charge in [0, 0.05) is 28.3 Å². The first-order valence-corrected chi connectivity index (χ1v) is 9.64. The van der Waals surface area contributed by atoms with Crippen LogP contribution in [0.3, 0.4) is 0 Å². The molecule has 0 radical (unpaired) electrons. The molecule has 0 saturated heterocycles. The molecule has 1 aliphatic rings. The summed E-state index contributed by atoms with van der Waals surface area (Å²) in [5.74, 6) is 1.62. The monoisotopic (exact) mass is 420 g/mol. The number of hydrogen-bond donors (Lipinski definition) is 2. The van der Waals surface area contributed by atoms with Gasteiger partial charge in [-0.05, 0) is 42.3 Å². The van der Waals surface area contributed by atoms with E-state index in [1.807, 2.05) is 31.2 Å². The summed E-state index contributed by atoms with van der Waals surface area (Å²) in [5.41, 5.74) is 6.66. The molecule has 1 aromatic carbocycles. The molecule has 29 heavy (non-hydrogen) atoms. The molecule has 3 heterocycles. The van der Waals surface area contributed by atoms with E-state index >= 15 is 0 Å². The summed E-state index contributed by atoms with van der Waals surface area (Å²) >= 11 is 1.52. The van der Waals surface area contributed by atoms with Crippen molar-refractivity contribution in [2.24, 2.45) is 5.73 Å². The van der Waals surface area contributed by atoms with E-state index in [1.165, 1.54) is 15.9 Å². The molecule has 0 amide bonds. The third kappa shape index (κ3) is 3.81. The molecule has 7 nitrogen and oxygen atoms in total. The molecule has 2 aromatic heterocycles. The van der Waals surface area contributed by atoms with Crippen LogP contribution in [-0.2, 0) is 13.0 Å². The van der Waals surface area contributed by atoms with Gasteiger partial charge in [0.1, 0.15) is 5.82 Å². The van der Waals surface area contributed by atoms with E-state index < -0.39 is 11.8 Å². The zero-order valence-electron chi connectivity index (χ0n) is 15.5. The van der Waals surface area contributed by atoms with Gasteiger partial charge in [-0.25, -0.2) is 9.89 Å². The second-order valence-corrected chi connectivity index (χ2v) is 7.70. The maximum atomic E-state index is 13.0. The van der Waals surface area contributed by atoms with Gasteiger partial charge in [-0.3, -0.25) is 4.57 Å². The van der Waals surface area contributed by atoms with Crippen molar-refractivity contribution in [3.8, 4) is 21.9 Å². The highest BCUT2D eigenvalue weighted by molar-refractivity contribution is 7.15. The lowest BCUT2D eigenvalue weighted by molar-refractivity contribution is 0.174. The Balaban J connectivity index is 1.62. The number of hydrogen-bond acceptors (Lipinski definition) is 6.